The van der Waals surface area contributed by atoms with Gasteiger partial charge in [0.15, 0.2) is 0 Å². The van der Waals surface area contributed by atoms with Crippen LogP contribution in [0.25, 0.3) is 0 Å². The van der Waals surface area contributed by atoms with E-state index in [-0.39, 0.29) is 0 Å². The Bertz CT molecular complexity index is 373. The highest BCUT2D eigenvalue weighted by atomic mass is 35.5. The average Bonchev–Trinajstić information content (AvgIpc) is 2.42. The van der Waals surface area contributed by atoms with Crippen molar-refractivity contribution in [2.24, 2.45) is 5.16 Å². The van der Waals surface area contributed by atoms with Crippen LogP contribution in [0.1, 0.15) is 20.4 Å². The van der Waals surface area contributed by atoms with Crippen LogP contribution in [0.15, 0.2) is 5.16 Å². The molecule has 0 amide bonds. The fraction of sp³-hybridized carbons (Fsp3) is 0.286. The van der Waals surface area contributed by atoms with Gasteiger partial charge in [-0.25, -0.2) is 4.98 Å². The van der Waals surface area contributed by atoms with Gasteiger partial charge in [-0.15, -0.1) is 11.3 Å². The van der Waals surface area contributed by atoms with Crippen molar-refractivity contribution in [1.29, 1.82) is 0 Å². The molecule has 0 unspecified atom stereocenters. The van der Waals surface area contributed by atoms with Gasteiger partial charge in [-0.3, -0.25) is 4.79 Å². The molecule has 70 valence electrons. The smallest absolute Gasteiger partial charge is 0.238 e. The Morgan fingerprint density at radius 2 is 2.23 bits per heavy atom. The van der Waals surface area contributed by atoms with Crippen molar-refractivity contribution in [2.45, 2.75) is 13.8 Å². The fourth-order valence-corrected chi connectivity index (χ4v) is 1.89. The number of rotatable bonds is 2. The van der Waals surface area contributed by atoms with Crippen LogP contribution in [0.3, 0.4) is 0 Å². The zero-order valence-corrected chi connectivity index (χ0v) is 8.61. The van der Waals surface area contributed by atoms with E-state index in [1.54, 1.807) is 13.8 Å². The maximum Gasteiger partial charge on any atom is 0.238 e. The summed E-state index contributed by atoms with van der Waals surface area (Å²) >= 11 is 6.59. The van der Waals surface area contributed by atoms with Gasteiger partial charge in [0.1, 0.15) is 4.88 Å². The highest BCUT2D eigenvalue weighted by Crippen LogP contribution is 2.18. The number of carbonyl (C=O) groups is 1. The Kier molecular flexibility index (Phi) is 3.00. The van der Waals surface area contributed by atoms with Crippen molar-refractivity contribution in [3.05, 3.63) is 15.6 Å². The molecule has 0 spiro atoms. The van der Waals surface area contributed by atoms with Crippen LogP contribution >= 0.6 is 22.9 Å². The van der Waals surface area contributed by atoms with E-state index >= 15 is 0 Å². The third-order valence-corrected chi connectivity index (χ3v) is 2.70. The number of carbonyl (C=O) groups excluding carboxylic acids is 1. The van der Waals surface area contributed by atoms with E-state index < -0.39 is 11.0 Å². The number of oxime groups is 1. The summed E-state index contributed by atoms with van der Waals surface area (Å²) in [5.41, 5.74) is 0.606. The summed E-state index contributed by atoms with van der Waals surface area (Å²) in [5, 5.41) is 11.3. The Labute approximate surface area is 83.9 Å². The summed E-state index contributed by atoms with van der Waals surface area (Å²) < 4.78 is 0. The number of nitrogens with zero attached hydrogens (tertiary/aromatic N) is 2. The number of thiazole rings is 1. The predicted molar refractivity (Wildman–Crippen MR) is 51.0 cm³/mol. The molecule has 4 nitrogen and oxygen atoms in total. The maximum atomic E-state index is 11.4. The first-order chi connectivity index (χ1) is 6.06. The number of hydrogen-bond acceptors (Lipinski definition) is 5. The number of Topliss-reactive ketones (excluding diaryl/α,β-unsaturated/α-hetero) is 1. The lowest BCUT2D eigenvalue weighted by atomic mass is 10.3. The van der Waals surface area contributed by atoms with E-state index in [1.807, 2.05) is 0 Å². The van der Waals surface area contributed by atoms with Gasteiger partial charge in [0, 0.05) is 0 Å². The summed E-state index contributed by atoms with van der Waals surface area (Å²) in [4.78, 5) is 15.8. The van der Waals surface area contributed by atoms with E-state index in [9.17, 15) is 4.79 Å². The number of ketones is 1. The minimum Gasteiger partial charge on any atom is -0.410 e. The van der Waals surface area contributed by atoms with E-state index in [2.05, 4.69) is 10.1 Å². The van der Waals surface area contributed by atoms with Gasteiger partial charge in [0.25, 0.3) is 0 Å². The minimum atomic E-state index is -0.493. The molecule has 0 aliphatic heterocycles. The lowest BCUT2D eigenvalue weighted by Crippen LogP contribution is -2.07. The molecular weight excluding hydrogens is 212 g/mol. The Morgan fingerprint density at radius 3 is 2.62 bits per heavy atom. The molecule has 0 fully saturated rings. The van der Waals surface area contributed by atoms with Crippen LogP contribution in [0.5, 0.6) is 0 Å². The molecule has 1 aromatic heterocycles. The first-order valence-corrected chi connectivity index (χ1v) is 4.62. The molecule has 13 heavy (non-hydrogen) atoms. The van der Waals surface area contributed by atoms with Crippen molar-refractivity contribution < 1.29 is 10.0 Å². The van der Waals surface area contributed by atoms with Crippen molar-refractivity contribution in [2.75, 3.05) is 0 Å². The molecule has 1 rings (SSSR count). The predicted octanol–water partition coefficient (Wildman–Crippen LogP) is 1.97. The SMILES string of the molecule is Cc1nc(C)c(C(=O)C(Cl)=NO)s1. The molecule has 0 radical (unpaired) electrons. The second kappa shape index (κ2) is 3.85. The van der Waals surface area contributed by atoms with Gasteiger partial charge < -0.3 is 5.21 Å². The van der Waals surface area contributed by atoms with E-state index in [4.69, 9.17) is 16.8 Å². The summed E-state index contributed by atoms with van der Waals surface area (Å²) in [6, 6.07) is 0. The zero-order chi connectivity index (χ0) is 10.0. The number of aryl methyl sites for hydroxylation is 2. The van der Waals surface area contributed by atoms with Gasteiger partial charge >= 0.3 is 0 Å². The first-order valence-electron chi connectivity index (χ1n) is 3.42. The second-order valence-corrected chi connectivity index (χ2v) is 3.93. The van der Waals surface area contributed by atoms with Crippen LogP contribution in [0.4, 0.5) is 0 Å². The molecule has 0 saturated heterocycles. The maximum absolute atomic E-state index is 11.4. The summed E-state index contributed by atoms with van der Waals surface area (Å²) in [7, 11) is 0. The molecule has 0 aliphatic rings. The minimum absolute atomic E-state index is 0.417. The molecule has 0 saturated carbocycles. The van der Waals surface area contributed by atoms with Crippen molar-refractivity contribution >= 4 is 33.9 Å². The largest absolute Gasteiger partial charge is 0.410 e. The van der Waals surface area contributed by atoms with Crippen LogP contribution in [-0.2, 0) is 0 Å². The Balaban J connectivity index is 3.09. The molecule has 0 atom stereocenters. The van der Waals surface area contributed by atoms with E-state index in [0.29, 0.717) is 10.6 Å². The molecule has 6 heteroatoms. The lowest BCUT2D eigenvalue weighted by Gasteiger charge is -1.92. The quantitative estimate of drug-likeness (QED) is 0.357. The molecule has 0 bridgehead atoms. The van der Waals surface area contributed by atoms with Crippen LogP contribution < -0.4 is 0 Å². The third kappa shape index (κ3) is 2.05. The normalized spacial score (nSPS) is 11.8. The lowest BCUT2D eigenvalue weighted by molar-refractivity contribution is 0.106. The molecule has 0 aromatic carbocycles. The van der Waals surface area contributed by atoms with Gasteiger partial charge in [-0.1, -0.05) is 16.8 Å². The molecule has 1 heterocycles. The average molecular weight is 219 g/mol. The van der Waals surface area contributed by atoms with Crippen molar-refractivity contribution in [3.63, 3.8) is 0 Å². The standard InChI is InChI=1S/C7H7ClN2O2S/c1-3-6(13-4(2)9-3)5(11)7(8)10-12/h12H,1-2H3. The van der Waals surface area contributed by atoms with E-state index in [0.717, 1.165) is 5.01 Å². The summed E-state index contributed by atoms with van der Waals surface area (Å²) in [5.74, 6) is -0.493. The molecular formula is C7H7ClN2O2S. The third-order valence-electron chi connectivity index (χ3n) is 1.38. The first kappa shape index (κ1) is 10.1. The fourth-order valence-electron chi connectivity index (χ4n) is 0.881. The summed E-state index contributed by atoms with van der Waals surface area (Å²) in [6.07, 6.45) is 0. The summed E-state index contributed by atoms with van der Waals surface area (Å²) in [6.45, 7) is 3.50. The number of hydrogen-bond donors (Lipinski definition) is 1. The van der Waals surface area contributed by atoms with Crippen molar-refractivity contribution in [3.8, 4) is 0 Å². The highest BCUT2D eigenvalue weighted by Gasteiger charge is 2.18. The molecule has 0 aliphatic carbocycles. The van der Waals surface area contributed by atoms with Crippen LogP contribution in [0.2, 0.25) is 0 Å². The van der Waals surface area contributed by atoms with Gasteiger partial charge in [-0.05, 0) is 13.8 Å². The zero-order valence-electron chi connectivity index (χ0n) is 7.04. The topological polar surface area (TPSA) is 62.5 Å². The Morgan fingerprint density at radius 1 is 1.62 bits per heavy atom. The Hall–Kier alpha value is -0.940. The number of aromatic nitrogens is 1. The van der Waals surface area contributed by atoms with Crippen molar-refractivity contribution in [1.82, 2.24) is 4.98 Å². The van der Waals surface area contributed by atoms with Crippen LogP contribution in [0, 0.1) is 13.8 Å². The van der Waals surface area contributed by atoms with Gasteiger partial charge in [-0.2, -0.15) is 0 Å². The van der Waals surface area contributed by atoms with Gasteiger partial charge in [0.2, 0.25) is 11.0 Å². The second-order valence-electron chi connectivity index (χ2n) is 2.37. The molecule has 1 N–H and O–H groups in total. The highest BCUT2D eigenvalue weighted by molar-refractivity contribution is 7.15. The number of halogens is 1. The monoisotopic (exact) mass is 218 g/mol. The molecule has 1 aromatic rings. The van der Waals surface area contributed by atoms with Crippen LogP contribution in [-0.4, -0.2) is 21.1 Å². The van der Waals surface area contributed by atoms with E-state index in [1.165, 1.54) is 11.3 Å². The van der Waals surface area contributed by atoms with Gasteiger partial charge in [0.05, 0.1) is 10.7 Å².